The van der Waals surface area contributed by atoms with Crippen LogP contribution in [0.3, 0.4) is 0 Å². The molecule has 0 aliphatic heterocycles. The van der Waals surface area contributed by atoms with E-state index in [9.17, 15) is 14.0 Å². The van der Waals surface area contributed by atoms with E-state index < -0.39 is 5.97 Å². The van der Waals surface area contributed by atoms with Crippen LogP contribution in [0.25, 0.3) is 10.4 Å². The number of carbonyl (C=O) groups excluding carboxylic acids is 2. The molecule has 0 atom stereocenters. The Hall–Kier alpha value is -2.99. The molecular weight excluding hydrogens is 365 g/mol. The van der Waals surface area contributed by atoms with E-state index in [0.29, 0.717) is 11.4 Å². The fourth-order valence-electron chi connectivity index (χ4n) is 2.60. The van der Waals surface area contributed by atoms with Crippen LogP contribution in [0.15, 0.2) is 66.7 Å². The lowest BCUT2D eigenvalue weighted by atomic mass is 10.2. The van der Waals surface area contributed by atoms with E-state index in [-0.39, 0.29) is 18.3 Å². The number of esters is 1. The number of amides is 1. The highest BCUT2D eigenvalue weighted by Gasteiger charge is 2.21. The van der Waals surface area contributed by atoms with Gasteiger partial charge in [-0.05, 0) is 35.4 Å². The highest BCUT2D eigenvalue weighted by Crippen LogP contribution is 2.29. The molecule has 0 aliphatic rings. The van der Waals surface area contributed by atoms with Gasteiger partial charge in [-0.2, -0.15) is 0 Å². The molecule has 0 bridgehead atoms. The Morgan fingerprint density at radius 3 is 2.37 bits per heavy atom. The molecule has 6 heteroatoms. The highest BCUT2D eigenvalue weighted by molar-refractivity contribution is 7.17. The van der Waals surface area contributed by atoms with E-state index in [1.807, 2.05) is 36.4 Å². The first-order valence-corrected chi connectivity index (χ1v) is 9.14. The molecule has 2 aromatic carbocycles. The summed E-state index contributed by atoms with van der Waals surface area (Å²) in [5, 5.41) is 0. The zero-order valence-corrected chi connectivity index (χ0v) is 15.5. The van der Waals surface area contributed by atoms with Crippen LogP contribution in [0.4, 0.5) is 4.39 Å². The molecule has 1 amide bonds. The average Bonchev–Trinajstić information content (AvgIpc) is 3.18. The van der Waals surface area contributed by atoms with Crippen molar-refractivity contribution in [1.29, 1.82) is 0 Å². The minimum atomic E-state index is -0.477. The first-order chi connectivity index (χ1) is 13.1. The van der Waals surface area contributed by atoms with E-state index in [2.05, 4.69) is 0 Å². The van der Waals surface area contributed by atoms with Crippen molar-refractivity contribution in [1.82, 2.24) is 4.90 Å². The van der Waals surface area contributed by atoms with Gasteiger partial charge in [-0.3, -0.25) is 9.59 Å². The van der Waals surface area contributed by atoms with Gasteiger partial charge in [0.15, 0.2) is 0 Å². The molecule has 4 nitrogen and oxygen atoms in total. The van der Waals surface area contributed by atoms with E-state index in [1.54, 1.807) is 18.2 Å². The van der Waals surface area contributed by atoms with Gasteiger partial charge in [0.2, 0.25) is 0 Å². The second-order valence-electron chi connectivity index (χ2n) is 5.89. The first kappa shape index (κ1) is 18.8. The number of rotatable bonds is 6. The Morgan fingerprint density at radius 2 is 1.70 bits per heavy atom. The number of hydrogen-bond donors (Lipinski definition) is 0. The second-order valence-corrected chi connectivity index (χ2v) is 6.98. The Balaban J connectivity index is 1.82. The summed E-state index contributed by atoms with van der Waals surface area (Å²) in [6, 6.07) is 19.1. The summed E-state index contributed by atoms with van der Waals surface area (Å²) >= 11 is 1.31. The molecule has 0 N–H and O–H groups in total. The Kier molecular flexibility index (Phi) is 5.98. The highest BCUT2D eigenvalue weighted by atomic mass is 32.1. The van der Waals surface area contributed by atoms with Crippen LogP contribution in [0, 0.1) is 5.82 Å². The topological polar surface area (TPSA) is 46.6 Å². The molecule has 3 aromatic rings. The molecule has 0 spiro atoms. The third-order valence-electron chi connectivity index (χ3n) is 4.00. The van der Waals surface area contributed by atoms with Crippen molar-refractivity contribution >= 4 is 23.2 Å². The van der Waals surface area contributed by atoms with Crippen molar-refractivity contribution < 1.29 is 18.7 Å². The summed E-state index contributed by atoms with van der Waals surface area (Å²) in [7, 11) is 1.30. The third-order valence-corrected chi connectivity index (χ3v) is 5.12. The van der Waals surface area contributed by atoms with Gasteiger partial charge in [0.05, 0.1) is 12.0 Å². The summed E-state index contributed by atoms with van der Waals surface area (Å²) in [4.78, 5) is 27.6. The lowest BCUT2D eigenvalue weighted by Crippen LogP contribution is -2.35. The van der Waals surface area contributed by atoms with Crippen molar-refractivity contribution in [2.24, 2.45) is 0 Å². The lowest BCUT2D eigenvalue weighted by Gasteiger charge is -2.21. The molecule has 27 heavy (non-hydrogen) atoms. The maximum atomic E-state index is 13.1. The minimum absolute atomic E-state index is 0.131. The standard InChI is InChI=1S/C21H18FNO3S/c1-26-20(24)14-23(13-15-5-3-2-4-6-15)21(25)19-12-11-18(27-19)16-7-9-17(22)10-8-16/h2-12H,13-14H2,1H3. The number of nitrogens with zero attached hydrogens (tertiary/aromatic N) is 1. The number of ether oxygens (including phenoxy) is 1. The molecule has 1 aromatic heterocycles. The Morgan fingerprint density at radius 1 is 1.00 bits per heavy atom. The van der Waals surface area contributed by atoms with Gasteiger partial charge in [0, 0.05) is 11.4 Å². The summed E-state index contributed by atoms with van der Waals surface area (Å²) in [5.74, 6) is -1.03. The average molecular weight is 383 g/mol. The molecule has 0 radical (unpaired) electrons. The number of benzene rings is 2. The molecule has 138 valence electrons. The summed E-state index contributed by atoms with van der Waals surface area (Å²) in [5.41, 5.74) is 1.76. The molecule has 0 fully saturated rings. The number of hydrogen-bond acceptors (Lipinski definition) is 4. The largest absolute Gasteiger partial charge is 0.468 e. The van der Waals surface area contributed by atoms with Crippen LogP contribution in [0.1, 0.15) is 15.2 Å². The smallest absolute Gasteiger partial charge is 0.325 e. The van der Waals surface area contributed by atoms with E-state index in [0.717, 1.165) is 16.0 Å². The maximum Gasteiger partial charge on any atom is 0.325 e. The second kappa shape index (κ2) is 8.60. The summed E-state index contributed by atoms with van der Waals surface area (Å²) in [6.45, 7) is 0.173. The van der Waals surface area contributed by atoms with Crippen LogP contribution < -0.4 is 0 Å². The van der Waals surface area contributed by atoms with Crippen molar-refractivity contribution in [3.8, 4) is 10.4 Å². The Bertz CT molecular complexity index is 922. The van der Waals surface area contributed by atoms with E-state index in [1.165, 1.54) is 35.5 Å². The van der Waals surface area contributed by atoms with Crippen LogP contribution in [0.2, 0.25) is 0 Å². The third kappa shape index (κ3) is 4.80. The lowest BCUT2D eigenvalue weighted by molar-refractivity contribution is -0.141. The molecule has 3 rings (SSSR count). The fraction of sp³-hybridized carbons (Fsp3) is 0.143. The van der Waals surface area contributed by atoms with Crippen molar-refractivity contribution in [2.45, 2.75) is 6.54 Å². The predicted octanol–water partition coefficient (Wildman–Crippen LogP) is 4.37. The molecule has 1 heterocycles. The quantitative estimate of drug-likeness (QED) is 0.594. The predicted molar refractivity (Wildman–Crippen MR) is 103 cm³/mol. The van der Waals surface area contributed by atoms with Gasteiger partial charge in [0.25, 0.3) is 5.91 Å². The normalized spacial score (nSPS) is 10.4. The van der Waals surface area contributed by atoms with Crippen LogP contribution in [-0.2, 0) is 16.1 Å². The maximum absolute atomic E-state index is 13.1. The Labute approximate surface area is 160 Å². The van der Waals surface area contributed by atoms with E-state index in [4.69, 9.17) is 4.74 Å². The van der Waals surface area contributed by atoms with Gasteiger partial charge in [-0.15, -0.1) is 11.3 Å². The molecule has 0 saturated heterocycles. The molecular formula is C21H18FNO3S. The van der Waals surface area contributed by atoms with Crippen molar-refractivity contribution in [3.63, 3.8) is 0 Å². The number of methoxy groups -OCH3 is 1. The SMILES string of the molecule is COC(=O)CN(Cc1ccccc1)C(=O)c1ccc(-c2ccc(F)cc2)s1. The van der Waals surface area contributed by atoms with Gasteiger partial charge in [-0.1, -0.05) is 42.5 Å². The van der Waals surface area contributed by atoms with E-state index >= 15 is 0 Å². The van der Waals surface area contributed by atoms with Crippen molar-refractivity contribution in [2.75, 3.05) is 13.7 Å². The molecule has 0 aliphatic carbocycles. The zero-order chi connectivity index (χ0) is 19.2. The van der Waals surface area contributed by atoms with Crippen LogP contribution in [0.5, 0.6) is 0 Å². The zero-order valence-electron chi connectivity index (χ0n) is 14.7. The molecule has 0 unspecified atom stereocenters. The number of thiophene rings is 1. The first-order valence-electron chi connectivity index (χ1n) is 8.32. The van der Waals surface area contributed by atoms with Crippen molar-refractivity contribution in [3.05, 3.63) is 83.0 Å². The summed E-state index contributed by atoms with van der Waals surface area (Å²) in [6.07, 6.45) is 0. The van der Waals surface area contributed by atoms with Gasteiger partial charge >= 0.3 is 5.97 Å². The van der Waals surface area contributed by atoms with Gasteiger partial charge in [0.1, 0.15) is 12.4 Å². The van der Waals surface area contributed by atoms with Crippen LogP contribution in [-0.4, -0.2) is 30.4 Å². The van der Waals surface area contributed by atoms with Gasteiger partial charge in [-0.25, -0.2) is 4.39 Å². The van der Waals surface area contributed by atoms with Gasteiger partial charge < -0.3 is 9.64 Å². The fourth-order valence-corrected chi connectivity index (χ4v) is 3.58. The number of halogens is 1. The van der Waals surface area contributed by atoms with Crippen LogP contribution >= 0.6 is 11.3 Å². The molecule has 0 saturated carbocycles. The summed E-state index contributed by atoms with van der Waals surface area (Å²) < 4.78 is 17.8. The minimum Gasteiger partial charge on any atom is -0.468 e. The monoisotopic (exact) mass is 383 g/mol. The number of carbonyl (C=O) groups is 2.